The molecule has 1 heterocycles. The molecule has 1 aliphatic heterocycles. The van der Waals surface area contributed by atoms with E-state index in [2.05, 4.69) is 24.0 Å². The van der Waals surface area contributed by atoms with Crippen LogP contribution in [0, 0.1) is 5.92 Å². The van der Waals surface area contributed by atoms with E-state index in [1.807, 2.05) is 0 Å². The Labute approximate surface area is 105 Å². The number of hydrogen-bond donors (Lipinski definition) is 1. The van der Waals surface area contributed by atoms with Crippen LogP contribution in [0.25, 0.3) is 0 Å². The van der Waals surface area contributed by atoms with Crippen LogP contribution >= 0.6 is 11.8 Å². The predicted octanol–water partition coefficient (Wildman–Crippen LogP) is 3.83. The second-order valence-electron chi connectivity index (χ2n) is 5.39. The van der Waals surface area contributed by atoms with Gasteiger partial charge in [0, 0.05) is 11.3 Å². The van der Waals surface area contributed by atoms with Crippen molar-refractivity contribution < 1.29 is 0 Å². The summed E-state index contributed by atoms with van der Waals surface area (Å²) in [7, 11) is 0. The number of nitrogens with one attached hydrogen (secondary N) is 1. The normalized spacial score (nSPS) is 30.2. The summed E-state index contributed by atoms with van der Waals surface area (Å²) >= 11 is 2.23. The van der Waals surface area contributed by atoms with Gasteiger partial charge in [0.15, 0.2) is 0 Å². The Morgan fingerprint density at radius 3 is 2.38 bits per heavy atom. The van der Waals surface area contributed by atoms with Crippen molar-refractivity contribution in [2.45, 2.75) is 69.6 Å². The molecule has 0 spiro atoms. The molecule has 0 aromatic carbocycles. The van der Waals surface area contributed by atoms with Gasteiger partial charge in [-0.15, -0.1) is 0 Å². The Bertz CT molecular complexity index is 181. The van der Waals surface area contributed by atoms with Crippen molar-refractivity contribution in [1.82, 2.24) is 5.32 Å². The Morgan fingerprint density at radius 2 is 1.81 bits per heavy atom. The van der Waals surface area contributed by atoms with Crippen LogP contribution in [0.2, 0.25) is 0 Å². The fraction of sp³-hybridized carbons (Fsp3) is 1.00. The summed E-state index contributed by atoms with van der Waals surface area (Å²) in [6, 6.07) is 0.815. The molecule has 1 N–H and O–H groups in total. The van der Waals surface area contributed by atoms with E-state index in [9.17, 15) is 0 Å². The summed E-state index contributed by atoms with van der Waals surface area (Å²) in [6.45, 7) is 3.42. The highest BCUT2D eigenvalue weighted by Gasteiger charge is 2.31. The standard InChI is InChI=1S/C14H27NS/c1-2-15-14(13-10-7-11-16-13)12-8-5-3-4-6-9-12/h12-15H,2-11H2,1H3. The zero-order valence-electron chi connectivity index (χ0n) is 10.7. The molecule has 2 atom stereocenters. The molecular weight excluding hydrogens is 214 g/mol. The van der Waals surface area contributed by atoms with Gasteiger partial charge >= 0.3 is 0 Å². The molecule has 94 valence electrons. The predicted molar refractivity (Wildman–Crippen MR) is 74.1 cm³/mol. The zero-order valence-corrected chi connectivity index (χ0v) is 11.5. The van der Waals surface area contributed by atoms with Gasteiger partial charge in [-0.05, 0) is 43.9 Å². The van der Waals surface area contributed by atoms with Crippen LogP contribution < -0.4 is 5.32 Å². The largest absolute Gasteiger partial charge is 0.313 e. The van der Waals surface area contributed by atoms with Crippen LogP contribution in [0.1, 0.15) is 58.3 Å². The van der Waals surface area contributed by atoms with Gasteiger partial charge in [0.1, 0.15) is 0 Å². The van der Waals surface area contributed by atoms with Gasteiger partial charge in [0.2, 0.25) is 0 Å². The van der Waals surface area contributed by atoms with E-state index < -0.39 is 0 Å². The molecule has 1 saturated carbocycles. The lowest BCUT2D eigenvalue weighted by Gasteiger charge is -2.31. The molecule has 2 heteroatoms. The van der Waals surface area contributed by atoms with Crippen molar-refractivity contribution in [1.29, 1.82) is 0 Å². The Kier molecular flexibility index (Phi) is 5.51. The van der Waals surface area contributed by atoms with Crippen LogP contribution in [0.4, 0.5) is 0 Å². The van der Waals surface area contributed by atoms with Crippen molar-refractivity contribution in [2.75, 3.05) is 12.3 Å². The number of hydrogen-bond acceptors (Lipinski definition) is 2. The SMILES string of the molecule is CCNC(C1CCCCCC1)C1CCCS1. The number of rotatable bonds is 4. The Balaban J connectivity index is 1.92. The fourth-order valence-corrected chi connectivity index (χ4v) is 4.89. The summed E-state index contributed by atoms with van der Waals surface area (Å²) in [4.78, 5) is 0. The molecule has 1 aliphatic carbocycles. The third kappa shape index (κ3) is 3.40. The van der Waals surface area contributed by atoms with Gasteiger partial charge in [-0.25, -0.2) is 0 Å². The van der Waals surface area contributed by atoms with E-state index in [1.54, 1.807) is 0 Å². The highest BCUT2D eigenvalue weighted by molar-refractivity contribution is 8.00. The molecule has 0 aromatic heterocycles. The summed E-state index contributed by atoms with van der Waals surface area (Å²) in [5.74, 6) is 2.37. The lowest BCUT2D eigenvalue weighted by molar-refractivity contribution is 0.313. The van der Waals surface area contributed by atoms with Gasteiger partial charge in [-0.3, -0.25) is 0 Å². The molecule has 2 aliphatic rings. The van der Waals surface area contributed by atoms with Crippen molar-refractivity contribution >= 4 is 11.8 Å². The molecule has 2 rings (SSSR count). The second kappa shape index (κ2) is 6.90. The van der Waals surface area contributed by atoms with Crippen molar-refractivity contribution in [3.63, 3.8) is 0 Å². The molecule has 2 fully saturated rings. The summed E-state index contributed by atoms with van der Waals surface area (Å²) in [5, 5.41) is 4.72. The molecule has 0 amide bonds. The van der Waals surface area contributed by atoms with Crippen LogP contribution in [0.3, 0.4) is 0 Å². The van der Waals surface area contributed by atoms with Crippen molar-refractivity contribution in [2.24, 2.45) is 5.92 Å². The molecular formula is C14H27NS. The van der Waals surface area contributed by atoms with Crippen LogP contribution in [0.5, 0.6) is 0 Å². The summed E-state index contributed by atoms with van der Waals surface area (Å²) in [6.07, 6.45) is 11.8. The van der Waals surface area contributed by atoms with Gasteiger partial charge in [0.05, 0.1) is 0 Å². The van der Waals surface area contributed by atoms with E-state index >= 15 is 0 Å². The lowest BCUT2D eigenvalue weighted by atomic mass is 9.88. The molecule has 0 radical (unpaired) electrons. The maximum absolute atomic E-state index is 3.80. The first-order valence-corrected chi connectivity index (χ1v) is 8.31. The minimum Gasteiger partial charge on any atom is -0.313 e. The van der Waals surface area contributed by atoms with E-state index in [4.69, 9.17) is 0 Å². The second-order valence-corrected chi connectivity index (χ2v) is 6.73. The third-order valence-corrected chi connectivity index (χ3v) is 5.69. The van der Waals surface area contributed by atoms with Crippen molar-refractivity contribution in [3.05, 3.63) is 0 Å². The van der Waals surface area contributed by atoms with Gasteiger partial charge < -0.3 is 5.32 Å². The highest BCUT2D eigenvalue weighted by atomic mass is 32.2. The topological polar surface area (TPSA) is 12.0 Å². The van der Waals surface area contributed by atoms with E-state index in [1.165, 1.54) is 57.1 Å². The van der Waals surface area contributed by atoms with Crippen molar-refractivity contribution in [3.8, 4) is 0 Å². The van der Waals surface area contributed by atoms with Crippen LogP contribution in [-0.2, 0) is 0 Å². The minimum absolute atomic E-state index is 0.815. The summed E-state index contributed by atoms with van der Waals surface area (Å²) in [5.41, 5.74) is 0. The van der Waals surface area contributed by atoms with E-state index in [0.717, 1.165) is 23.8 Å². The lowest BCUT2D eigenvalue weighted by Crippen LogP contribution is -2.43. The highest BCUT2D eigenvalue weighted by Crippen LogP contribution is 2.36. The molecule has 0 bridgehead atoms. The average molecular weight is 241 g/mol. The van der Waals surface area contributed by atoms with Crippen LogP contribution in [0.15, 0.2) is 0 Å². The first kappa shape index (κ1) is 12.8. The molecule has 1 saturated heterocycles. The monoisotopic (exact) mass is 241 g/mol. The molecule has 0 aromatic rings. The quantitative estimate of drug-likeness (QED) is 0.751. The average Bonchev–Trinajstić information content (AvgIpc) is 2.69. The summed E-state index contributed by atoms with van der Waals surface area (Å²) < 4.78 is 0. The van der Waals surface area contributed by atoms with Crippen LogP contribution in [-0.4, -0.2) is 23.6 Å². The van der Waals surface area contributed by atoms with E-state index in [0.29, 0.717) is 0 Å². The molecule has 1 nitrogen and oxygen atoms in total. The number of thioether (sulfide) groups is 1. The third-order valence-electron chi connectivity index (χ3n) is 4.21. The first-order chi connectivity index (χ1) is 7.92. The van der Waals surface area contributed by atoms with Gasteiger partial charge in [-0.1, -0.05) is 32.6 Å². The van der Waals surface area contributed by atoms with Gasteiger partial charge in [-0.2, -0.15) is 11.8 Å². The first-order valence-electron chi connectivity index (χ1n) is 7.27. The smallest absolute Gasteiger partial charge is 0.0214 e. The Morgan fingerprint density at radius 1 is 1.06 bits per heavy atom. The Hall–Kier alpha value is 0.310. The van der Waals surface area contributed by atoms with Gasteiger partial charge in [0.25, 0.3) is 0 Å². The molecule has 16 heavy (non-hydrogen) atoms. The minimum atomic E-state index is 0.815. The fourth-order valence-electron chi connectivity index (χ4n) is 3.39. The zero-order chi connectivity index (χ0) is 11.2. The maximum atomic E-state index is 3.80. The maximum Gasteiger partial charge on any atom is 0.0214 e. The molecule has 2 unspecified atom stereocenters. The van der Waals surface area contributed by atoms with E-state index in [-0.39, 0.29) is 0 Å².